The van der Waals surface area contributed by atoms with E-state index < -0.39 is 0 Å². The summed E-state index contributed by atoms with van der Waals surface area (Å²) in [7, 11) is 1.61. The minimum absolute atomic E-state index is 0.0557. The standard InChI is InChI=1S/C18H18N2O3/c1-12(13-4-3-7-19-10-13)20-18(21)8-14-11-23-17-9-15(22-2)5-6-16(14)17/h3-7,9-12H,8H2,1-2H3,(H,20,21)/t12-/m1/s1. The van der Waals surface area contributed by atoms with E-state index in [9.17, 15) is 4.79 Å². The van der Waals surface area contributed by atoms with Gasteiger partial charge in [-0.1, -0.05) is 6.07 Å². The number of aromatic nitrogens is 1. The first-order valence-electron chi connectivity index (χ1n) is 7.41. The Morgan fingerprint density at radius 1 is 1.39 bits per heavy atom. The summed E-state index contributed by atoms with van der Waals surface area (Å²) in [4.78, 5) is 16.3. The van der Waals surface area contributed by atoms with Crippen molar-refractivity contribution in [1.82, 2.24) is 10.3 Å². The zero-order chi connectivity index (χ0) is 16.2. The van der Waals surface area contributed by atoms with Crippen molar-refractivity contribution in [3.8, 4) is 5.75 Å². The molecule has 2 aromatic heterocycles. The number of furan rings is 1. The van der Waals surface area contributed by atoms with Crippen molar-refractivity contribution in [2.75, 3.05) is 7.11 Å². The predicted molar refractivity (Wildman–Crippen MR) is 87.3 cm³/mol. The second kappa shape index (κ2) is 6.52. The van der Waals surface area contributed by atoms with Crippen LogP contribution in [0.2, 0.25) is 0 Å². The number of amides is 1. The highest BCUT2D eigenvalue weighted by atomic mass is 16.5. The van der Waals surface area contributed by atoms with E-state index in [1.165, 1.54) is 0 Å². The molecule has 23 heavy (non-hydrogen) atoms. The van der Waals surface area contributed by atoms with Crippen LogP contribution in [0, 0.1) is 0 Å². The van der Waals surface area contributed by atoms with E-state index >= 15 is 0 Å². The fourth-order valence-electron chi connectivity index (χ4n) is 2.51. The lowest BCUT2D eigenvalue weighted by atomic mass is 10.1. The molecule has 0 radical (unpaired) electrons. The van der Waals surface area contributed by atoms with Crippen LogP contribution in [0.1, 0.15) is 24.1 Å². The van der Waals surface area contributed by atoms with E-state index in [0.29, 0.717) is 5.58 Å². The third-order valence-corrected chi connectivity index (χ3v) is 3.78. The van der Waals surface area contributed by atoms with Crippen LogP contribution in [-0.4, -0.2) is 18.0 Å². The van der Waals surface area contributed by atoms with E-state index in [4.69, 9.17) is 9.15 Å². The molecule has 0 saturated heterocycles. The van der Waals surface area contributed by atoms with Gasteiger partial charge in [-0.3, -0.25) is 9.78 Å². The van der Waals surface area contributed by atoms with E-state index in [2.05, 4.69) is 10.3 Å². The van der Waals surface area contributed by atoms with Gasteiger partial charge in [0.1, 0.15) is 11.3 Å². The van der Waals surface area contributed by atoms with Gasteiger partial charge in [0.25, 0.3) is 0 Å². The van der Waals surface area contributed by atoms with Crippen LogP contribution in [-0.2, 0) is 11.2 Å². The number of carbonyl (C=O) groups is 1. The molecule has 1 aromatic carbocycles. The Kier molecular flexibility index (Phi) is 4.28. The van der Waals surface area contributed by atoms with Gasteiger partial charge < -0.3 is 14.5 Å². The highest BCUT2D eigenvalue weighted by molar-refractivity contribution is 5.88. The number of rotatable bonds is 5. The van der Waals surface area contributed by atoms with Crippen molar-refractivity contribution in [3.05, 3.63) is 60.1 Å². The molecule has 1 atom stereocenters. The molecular weight excluding hydrogens is 292 g/mol. The van der Waals surface area contributed by atoms with Crippen molar-refractivity contribution in [2.45, 2.75) is 19.4 Å². The maximum atomic E-state index is 12.3. The molecule has 0 aliphatic carbocycles. The van der Waals surface area contributed by atoms with Crippen LogP contribution in [0.3, 0.4) is 0 Å². The lowest BCUT2D eigenvalue weighted by Crippen LogP contribution is -2.28. The van der Waals surface area contributed by atoms with Crippen LogP contribution in [0.4, 0.5) is 0 Å². The van der Waals surface area contributed by atoms with Crippen LogP contribution < -0.4 is 10.1 Å². The molecule has 0 bridgehead atoms. The molecule has 5 nitrogen and oxygen atoms in total. The van der Waals surface area contributed by atoms with Gasteiger partial charge in [-0.15, -0.1) is 0 Å². The van der Waals surface area contributed by atoms with Crippen molar-refractivity contribution in [2.24, 2.45) is 0 Å². The van der Waals surface area contributed by atoms with Gasteiger partial charge in [-0.2, -0.15) is 0 Å². The molecule has 3 aromatic rings. The van der Waals surface area contributed by atoms with Crippen LogP contribution in [0.5, 0.6) is 5.75 Å². The number of nitrogens with one attached hydrogen (secondary N) is 1. The number of hydrogen-bond acceptors (Lipinski definition) is 4. The first-order chi connectivity index (χ1) is 11.2. The molecule has 1 N–H and O–H groups in total. The molecule has 1 amide bonds. The molecule has 2 heterocycles. The number of carbonyl (C=O) groups excluding carboxylic acids is 1. The Morgan fingerprint density at radius 3 is 3.00 bits per heavy atom. The zero-order valence-corrected chi connectivity index (χ0v) is 13.1. The normalized spacial score (nSPS) is 12.1. The average molecular weight is 310 g/mol. The number of methoxy groups -OCH3 is 1. The fraction of sp³-hybridized carbons (Fsp3) is 0.222. The number of nitrogens with zero attached hydrogens (tertiary/aromatic N) is 1. The molecule has 0 spiro atoms. The number of fused-ring (bicyclic) bond motifs is 1. The van der Waals surface area contributed by atoms with Gasteiger partial charge in [-0.05, 0) is 30.7 Å². The predicted octanol–water partition coefficient (Wildman–Crippen LogP) is 3.26. The fourth-order valence-corrected chi connectivity index (χ4v) is 2.51. The number of ether oxygens (including phenoxy) is 1. The van der Waals surface area contributed by atoms with Gasteiger partial charge in [0.05, 0.1) is 25.8 Å². The van der Waals surface area contributed by atoms with E-state index in [1.54, 1.807) is 25.8 Å². The lowest BCUT2D eigenvalue weighted by molar-refractivity contribution is -0.121. The number of benzene rings is 1. The van der Waals surface area contributed by atoms with Gasteiger partial charge in [0.2, 0.25) is 5.91 Å². The molecule has 0 fully saturated rings. The second-order valence-corrected chi connectivity index (χ2v) is 5.38. The minimum Gasteiger partial charge on any atom is -0.497 e. The molecule has 0 saturated carbocycles. The summed E-state index contributed by atoms with van der Waals surface area (Å²) in [5, 5.41) is 3.90. The van der Waals surface area contributed by atoms with Crippen LogP contribution >= 0.6 is 0 Å². The molecule has 0 aliphatic heterocycles. The Morgan fingerprint density at radius 2 is 2.26 bits per heavy atom. The lowest BCUT2D eigenvalue weighted by Gasteiger charge is -2.13. The van der Waals surface area contributed by atoms with Crippen molar-refractivity contribution in [1.29, 1.82) is 0 Å². The van der Waals surface area contributed by atoms with Gasteiger partial charge in [-0.25, -0.2) is 0 Å². The van der Waals surface area contributed by atoms with Crippen LogP contribution in [0.15, 0.2) is 53.4 Å². The van der Waals surface area contributed by atoms with Crippen molar-refractivity contribution in [3.63, 3.8) is 0 Å². The molecule has 118 valence electrons. The summed E-state index contributed by atoms with van der Waals surface area (Å²) in [6.45, 7) is 1.94. The van der Waals surface area contributed by atoms with E-state index in [-0.39, 0.29) is 18.4 Å². The summed E-state index contributed by atoms with van der Waals surface area (Å²) < 4.78 is 10.7. The number of pyridine rings is 1. The largest absolute Gasteiger partial charge is 0.497 e. The van der Waals surface area contributed by atoms with Crippen molar-refractivity contribution < 1.29 is 13.9 Å². The molecule has 3 rings (SSSR count). The van der Waals surface area contributed by atoms with Gasteiger partial charge in [0.15, 0.2) is 0 Å². The number of hydrogen-bond donors (Lipinski definition) is 1. The zero-order valence-electron chi connectivity index (χ0n) is 13.1. The summed E-state index contributed by atoms with van der Waals surface area (Å²) in [5.41, 5.74) is 2.55. The summed E-state index contributed by atoms with van der Waals surface area (Å²) >= 11 is 0. The highest BCUT2D eigenvalue weighted by Crippen LogP contribution is 2.26. The maximum Gasteiger partial charge on any atom is 0.225 e. The maximum absolute atomic E-state index is 12.3. The monoisotopic (exact) mass is 310 g/mol. The Hall–Kier alpha value is -2.82. The summed E-state index contributed by atoms with van der Waals surface area (Å²) in [6, 6.07) is 9.29. The first-order valence-corrected chi connectivity index (χ1v) is 7.41. The van der Waals surface area contributed by atoms with Crippen molar-refractivity contribution >= 4 is 16.9 Å². The Labute approximate surface area is 134 Å². The molecule has 0 unspecified atom stereocenters. The molecule has 5 heteroatoms. The average Bonchev–Trinajstić information content (AvgIpc) is 2.97. The van der Waals surface area contributed by atoms with E-state index in [0.717, 1.165) is 22.3 Å². The van der Waals surface area contributed by atoms with E-state index in [1.807, 2.05) is 37.3 Å². The van der Waals surface area contributed by atoms with Gasteiger partial charge in [0, 0.05) is 29.4 Å². The van der Waals surface area contributed by atoms with Gasteiger partial charge >= 0.3 is 0 Å². The highest BCUT2D eigenvalue weighted by Gasteiger charge is 2.14. The summed E-state index contributed by atoms with van der Waals surface area (Å²) in [5.74, 6) is 0.674. The SMILES string of the molecule is COc1ccc2c(CC(=O)N[C@H](C)c3cccnc3)coc2c1. The third kappa shape index (κ3) is 3.34. The molecule has 0 aliphatic rings. The third-order valence-electron chi connectivity index (χ3n) is 3.78. The quantitative estimate of drug-likeness (QED) is 0.785. The molecular formula is C18H18N2O3. The topological polar surface area (TPSA) is 64.4 Å². The van der Waals surface area contributed by atoms with Crippen LogP contribution in [0.25, 0.3) is 11.0 Å². The Balaban J connectivity index is 1.71. The second-order valence-electron chi connectivity index (χ2n) is 5.38. The summed E-state index contributed by atoms with van der Waals surface area (Å²) in [6.07, 6.45) is 5.36. The Bertz CT molecular complexity index is 812. The first kappa shape index (κ1) is 15.1. The smallest absolute Gasteiger partial charge is 0.225 e. The minimum atomic E-state index is -0.0885.